The largest absolute Gasteiger partial charge is 0.477 e. The fraction of sp³-hybridized carbons (Fsp3) is 0.889. The van der Waals surface area contributed by atoms with Crippen LogP contribution in [0.1, 0.15) is 19.3 Å². The van der Waals surface area contributed by atoms with Crippen molar-refractivity contribution in [2.75, 3.05) is 6.61 Å². The summed E-state index contributed by atoms with van der Waals surface area (Å²) < 4.78 is 4.86. The Labute approximate surface area is 91.9 Å². The van der Waals surface area contributed by atoms with Crippen molar-refractivity contribution in [3.8, 4) is 0 Å². The normalized spacial score (nSPS) is 37.0. The fourth-order valence-corrected chi connectivity index (χ4v) is 1.71. The minimum Gasteiger partial charge on any atom is -0.477 e. The van der Waals surface area contributed by atoms with Gasteiger partial charge in [-0.3, -0.25) is 0 Å². The Hall–Kier alpha value is -0.730. The van der Waals surface area contributed by atoms with Crippen molar-refractivity contribution in [1.82, 2.24) is 0 Å². The number of rotatable bonds is 4. The van der Waals surface area contributed by atoms with Crippen LogP contribution >= 0.6 is 0 Å². The minimum atomic E-state index is -2.47. The lowest BCUT2D eigenvalue weighted by atomic mass is 9.94. The Morgan fingerprint density at radius 1 is 1.56 bits per heavy atom. The molecule has 1 aliphatic heterocycles. The summed E-state index contributed by atoms with van der Waals surface area (Å²) in [4.78, 5) is 10.7. The average Bonchev–Trinajstić information content (AvgIpc) is 2.16. The van der Waals surface area contributed by atoms with Crippen molar-refractivity contribution in [2.24, 2.45) is 0 Å². The molecule has 0 saturated carbocycles. The molecular weight excluding hydrogens is 220 g/mol. The summed E-state index contributed by atoms with van der Waals surface area (Å²) in [5.41, 5.74) is 0. The number of aliphatic hydroxyl groups excluding tert-OH is 3. The second-order valence-electron chi connectivity index (χ2n) is 3.92. The van der Waals surface area contributed by atoms with E-state index in [9.17, 15) is 20.1 Å². The molecule has 0 aromatic rings. The highest BCUT2D eigenvalue weighted by Gasteiger charge is 2.47. The predicted octanol–water partition coefficient (Wildman–Crippen LogP) is -1.96. The van der Waals surface area contributed by atoms with Gasteiger partial charge in [-0.1, -0.05) is 0 Å². The number of carboxylic acid groups (broad SMARTS) is 1. The first-order valence-corrected chi connectivity index (χ1v) is 4.99. The topological polar surface area (TPSA) is 127 Å². The molecule has 1 rings (SSSR count). The van der Waals surface area contributed by atoms with Crippen molar-refractivity contribution in [2.45, 2.75) is 43.4 Å². The van der Waals surface area contributed by atoms with Gasteiger partial charge in [-0.2, -0.15) is 0 Å². The van der Waals surface area contributed by atoms with Gasteiger partial charge in [-0.25, -0.2) is 4.79 Å². The molecule has 0 radical (unpaired) electrons. The van der Waals surface area contributed by atoms with Crippen LogP contribution in [0.25, 0.3) is 0 Å². The first-order chi connectivity index (χ1) is 7.39. The van der Waals surface area contributed by atoms with Crippen LogP contribution < -0.4 is 0 Å². The minimum absolute atomic E-state index is 0.00686. The van der Waals surface area contributed by atoms with Gasteiger partial charge in [0.2, 0.25) is 0 Å². The van der Waals surface area contributed by atoms with E-state index >= 15 is 0 Å². The zero-order valence-electron chi connectivity index (χ0n) is 8.61. The molecule has 7 nitrogen and oxygen atoms in total. The molecule has 1 fully saturated rings. The van der Waals surface area contributed by atoms with E-state index in [0.29, 0.717) is 0 Å². The summed E-state index contributed by atoms with van der Waals surface area (Å²) >= 11 is 0. The number of aliphatic hydroxyl groups is 4. The second kappa shape index (κ2) is 5.07. The van der Waals surface area contributed by atoms with Gasteiger partial charge in [0.25, 0.3) is 5.79 Å². The van der Waals surface area contributed by atoms with Crippen molar-refractivity contribution >= 4 is 5.97 Å². The summed E-state index contributed by atoms with van der Waals surface area (Å²) in [7, 11) is 0. The van der Waals surface area contributed by atoms with Crippen molar-refractivity contribution in [3.05, 3.63) is 0 Å². The molecule has 1 heterocycles. The molecule has 1 aliphatic rings. The number of aliphatic carboxylic acids is 1. The summed E-state index contributed by atoms with van der Waals surface area (Å²) in [5, 5.41) is 45.8. The van der Waals surface area contributed by atoms with Gasteiger partial charge in [-0.05, 0) is 6.42 Å². The summed E-state index contributed by atoms with van der Waals surface area (Å²) in [5.74, 6) is -4.08. The second-order valence-corrected chi connectivity index (χ2v) is 3.92. The number of ether oxygens (including phenoxy) is 1. The third-order valence-corrected chi connectivity index (χ3v) is 2.55. The molecule has 0 bridgehead atoms. The Morgan fingerprint density at radius 3 is 2.69 bits per heavy atom. The monoisotopic (exact) mass is 236 g/mol. The quantitative estimate of drug-likeness (QED) is 0.383. The smallest absolute Gasteiger partial charge is 0.364 e. The van der Waals surface area contributed by atoms with Crippen LogP contribution in [0.15, 0.2) is 0 Å². The Morgan fingerprint density at radius 2 is 2.19 bits per heavy atom. The molecule has 0 amide bonds. The molecule has 5 N–H and O–H groups in total. The van der Waals surface area contributed by atoms with Gasteiger partial charge in [0.15, 0.2) is 0 Å². The first-order valence-electron chi connectivity index (χ1n) is 4.99. The maximum Gasteiger partial charge on any atom is 0.364 e. The highest BCUT2D eigenvalue weighted by Crippen LogP contribution is 2.29. The molecule has 0 spiro atoms. The van der Waals surface area contributed by atoms with Crippen LogP contribution in [-0.2, 0) is 9.53 Å². The van der Waals surface area contributed by atoms with Crippen LogP contribution in [0.3, 0.4) is 0 Å². The van der Waals surface area contributed by atoms with Gasteiger partial charge in [0.1, 0.15) is 0 Å². The molecule has 94 valence electrons. The number of carbonyl (C=O) groups is 1. The molecule has 1 unspecified atom stereocenters. The maximum absolute atomic E-state index is 10.7. The summed E-state index contributed by atoms with van der Waals surface area (Å²) in [6.07, 6.45) is -3.61. The van der Waals surface area contributed by atoms with Gasteiger partial charge >= 0.3 is 5.97 Å². The number of hydrogen-bond donors (Lipinski definition) is 5. The van der Waals surface area contributed by atoms with E-state index in [2.05, 4.69) is 0 Å². The van der Waals surface area contributed by atoms with Crippen LogP contribution in [0.4, 0.5) is 0 Å². The molecular formula is C9H16O7. The lowest BCUT2D eigenvalue weighted by Crippen LogP contribution is -2.54. The number of carboxylic acids is 1. The van der Waals surface area contributed by atoms with E-state index in [-0.39, 0.29) is 19.4 Å². The van der Waals surface area contributed by atoms with Gasteiger partial charge < -0.3 is 30.3 Å². The molecule has 4 atom stereocenters. The summed E-state index contributed by atoms with van der Waals surface area (Å²) in [6, 6.07) is 0. The van der Waals surface area contributed by atoms with Crippen LogP contribution in [-0.4, -0.2) is 62.2 Å². The summed E-state index contributed by atoms with van der Waals surface area (Å²) in [6.45, 7) is -0.289. The maximum atomic E-state index is 10.7. The highest BCUT2D eigenvalue weighted by molar-refractivity contribution is 5.75. The van der Waals surface area contributed by atoms with Crippen molar-refractivity contribution < 1.29 is 35.1 Å². The van der Waals surface area contributed by atoms with Crippen LogP contribution in [0, 0.1) is 0 Å². The molecule has 16 heavy (non-hydrogen) atoms. The zero-order chi connectivity index (χ0) is 12.3. The zero-order valence-corrected chi connectivity index (χ0v) is 8.61. The van der Waals surface area contributed by atoms with Crippen molar-refractivity contribution in [3.63, 3.8) is 0 Å². The first kappa shape index (κ1) is 13.3. The lowest BCUT2D eigenvalue weighted by Gasteiger charge is -2.38. The van der Waals surface area contributed by atoms with Gasteiger partial charge in [0.05, 0.1) is 18.3 Å². The van der Waals surface area contributed by atoms with Crippen molar-refractivity contribution in [1.29, 1.82) is 0 Å². The molecule has 0 aromatic heterocycles. The number of hydrogen-bond acceptors (Lipinski definition) is 6. The molecule has 7 heteroatoms. The molecule has 0 aromatic carbocycles. The SMILES string of the molecule is O=C(O)C1(O)C[C@H](O)C[C@H]([C@H](O)CCO)O1. The third kappa shape index (κ3) is 2.89. The average molecular weight is 236 g/mol. The fourth-order valence-electron chi connectivity index (χ4n) is 1.71. The molecule has 1 saturated heterocycles. The van der Waals surface area contributed by atoms with E-state index in [1.54, 1.807) is 0 Å². The van der Waals surface area contributed by atoms with Crippen LogP contribution in [0.2, 0.25) is 0 Å². The van der Waals surface area contributed by atoms with E-state index in [4.69, 9.17) is 14.9 Å². The molecule has 0 aliphatic carbocycles. The predicted molar refractivity (Wildman–Crippen MR) is 50.4 cm³/mol. The van der Waals surface area contributed by atoms with Gasteiger partial charge in [0, 0.05) is 19.4 Å². The van der Waals surface area contributed by atoms with E-state index in [1.165, 1.54) is 0 Å². The standard InChI is InChI=1S/C9H16O7/c10-2-1-6(12)7-3-5(11)4-9(15,16-7)8(13)14/h5-7,10-12,15H,1-4H2,(H,13,14)/t5-,6-,7-,9?/m1/s1. The highest BCUT2D eigenvalue weighted by atomic mass is 16.7. The van der Waals surface area contributed by atoms with Gasteiger partial charge in [-0.15, -0.1) is 0 Å². The Kier molecular flexibility index (Phi) is 4.22. The van der Waals surface area contributed by atoms with Crippen LogP contribution in [0.5, 0.6) is 0 Å². The van der Waals surface area contributed by atoms with E-state index in [0.717, 1.165) is 0 Å². The Balaban J connectivity index is 2.71. The Bertz CT molecular complexity index is 256. The van der Waals surface area contributed by atoms with E-state index in [1.807, 2.05) is 0 Å². The van der Waals surface area contributed by atoms with E-state index < -0.39 is 36.5 Å². The third-order valence-electron chi connectivity index (χ3n) is 2.55. The lowest BCUT2D eigenvalue weighted by molar-refractivity contribution is -0.283.